The van der Waals surface area contributed by atoms with E-state index in [9.17, 15) is 24.3 Å². The Morgan fingerprint density at radius 1 is 0.754 bits per heavy atom. The number of nitrogens with one attached hydrogen (secondary N) is 2. The van der Waals surface area contributed by atoms with Crippen LogP contribution >= 0.6 is 23.5 Å². The van der Waals surface area contributed by atoms with Crippen molar-refractivity contribution in [1.29, 1.82) is 0 Å². The van der Waals surface area contributed by atoms with E-state index in [2.05, 4.69) is 47.0 Å². The van der Waals surface area contributed by atoms with E-state index < -0.39 is 70.4 Å². The smallest absolute Gasteiger partial charge is 0.410 e. The topological polar surface area (TPSA) is 155 Å². The van der Waals surface area contributed by atoms with Crippen LogP contribution in [0.5, 0.6) is 0 Å². The standard InChI is InChI=1S/C55H64N4O8S2/c1-38(2)48(50(61)58-34-41-24-20-19-23-40(41)33-47(58)49(60)57-46(51(62)63)31-32-68-6)59(53(65)66-36-39-21-11-7-12-22-39)35-45(56-52(64)67-54(3,4)5)37-69-55(42-25-13-8-14-26-42,43-27-15-9-16-28-43)44-29-17-10-18-30-44/h7-30,38,45-48H,31-37H2,1-6H3,(H,56,64)(H,57,60)(H,62,63)/t45-,46+,47+,48+/m1/s1. The molecular formula is C55H64N4O8S2. The number of aliphatic carboxylic acids is 1. The van der Waals surface area contributed by atoms with Crippen LogP contribution in [0, 0.1) is 5.92 Å². The van der Waals surface area contributed by atoms with Crippen LogP contribution in [-0.2, 0) is 48.2 Å². The highest BCUT2D eigenvalue weighted by atomic mass is 32.2. The highest BCUT2D eigenvalue weighted by molar-refractivity contribution is 8.00. The fourth-order valence-corrected chi connectivity index (χ4v) is 10.7. The molecule has 0 spiro atoms. The fraction of sp³-hybridized carbons (Fsp3) is 0.364. The number of benzene rings is 5. The Morgan fingerprint density at radius 2 is 1.28 bits per heavy atom. The minimum absolute atomic E-state index is 0.0367. The van der Waals surface area contributed by atoms with Crippen LogP contribution < -0.4 is 10.6 Å². The van der Waals surface area contributed by atoms with Crippen LogP contribution in [0.2, 0.25) is 0 Å². The third kappa shape index (κ3) is 13.7. The van der Waals surface area contributed by atoms with Gasteiger partial charge in [0.15, 0.2) is 0 Å². The van der Waals surface area contributed by atoms with E-state index in [0.29, 0.717) is 5.75 Å². The van der Waals surface area contributed by atoms with Crippen molar-refractivity contribution in [3.63, 3.8) is 0 Å². The summed E-state index contributed by atoms with van der Waals surface area (Å²) in [4.78, 5) is 74.0. The summed E-state index contributed by atoms with van der Waals surface area (Å²) in [6.45, 7) is 8.71. The maximum atomic E-state index is 15.6. The SMILES string of the molecule is CSCC[C@H](NC(=O)[C@@H]1Cc2ccccc2CN1C(=O)[C@H](C(C)C)N(C[C@H](CSC(c1ccccc1)(c1ccccc1)c1ccccc1)NC(=O)OC(C)(C)C)C(=O)OCc1ccccc1)C(=O)O. The molecule has 69 heavy (non-hydrogen) atoms. The molecule has 0 unspecified atom stereocenters. The summed E-state index contributed by atoms with van der Waals surface area (Å²) in [5, 5.41) is 15.9. The van der Waals surface area contributed by atoms with Gasteiger partial charge in [0.05, 0.1) is 10.8 Å². The molecule has 12 nitrogen and oxygen atoms in total. The largest absolute Gasteiger partial charge is 0.480 e. The Labute approximate surface area is 414 Å². The normalized spacial score (nSPS) is 14.9. The number of carboxylic acid groups (broad SMARTS) is 1. The molecule has 6 rings (SSSR count). The highest BCUT2D eigenvalue weighted by Gasteiger charge is 2.45. The van der Waals surface area contributed by atoms with Gasteiger partial charge >= 0.3 is 18.2 Å². The number of alkyl carbamates (subject to hydrolysis) is 1. The minimum atomic E-state index is -1.21. The van der Waals surface area contributed by atoms with Crippen LogP contribution in [0.3, 0.4) is 0 Å². The Kier molecular flexibility index (Phi) is 18.4. The number of hydrogen-bond donors (Lipinski definition) is 3. The molecule has 4 amide bonds. The second-order valence-electron chi connectivity index (χ2n) is 18.5. The summed E-state index contributed by atoms with van der Waals surface area (Å²) in [5.74, 6) is -2.12. The number of carbonyl (C=O) groups excluding carboxylic acids is 4. The molecule has 0 bridgehead atoms. The number of carbonyl (C=O) groups is 5. The van der Waals surface area contributed by atoms with Gasteiger partial charge in [0.1, 0.15) is 30.3 Å². The number of fused-ring (bicyclic) bond motifs is 1. The van der Waals surface area contributed by atoms with Gasteiger partial charge in [0.25, 0.3) is 0 Å². The molecule has 0 aliphatic carbocycles. The van der Waals surface area contributed by atoms with E-state index in [4.69, 9.17) is 9.47 Å². The van der Waals surface area contributed by atoms with Crippen LogP contribution in [0.25, 0.3) is 0 Å². The quantitative estimate of drug-likeness (QED) is 0.0643. The second-order valence-corrected chi connectivity index (χ2v) is 20.7. The van der Waals surface area contributed by atoms with Crippen LogP contribution in [-0.4, -0.2) is 99.0 Å². The van der Waals surface area contributed by atoms with Crippen molar-refractivity contribution in [1.82, 2.24) is 20.4 Å². The fourth-order valence-electron chi connectivity index (χ4n) is 8.65. The Bertz CT molecular complexity index is 2380. The van der Waals surface area contributed by atoms with Gasteiger partial charge < -0.3 is 30.1 Å². The molecule has 3 N–H and O–H groups in total. The first-order valence-corrected chi connectivity index (χ1v) is 25.7. The van der Waals surface area contributed by atoms with Crippen molar-refractivity contribution in [3.8, 4) is 0 Å². The lowest BCUT2D eigenvalue weighted by atomic mass is 9.84. The Hall–Kier alpha value is -6.25. The van der Waals surface area contributed by atoms with E-state index in [0.717, 1.165) is 33.4 Å². The first kappa shape index (κ1) is 52.1. The van der Waals surface area contributed by atoms with Gasteiger partial charge in [0.2, 0.25) is 11.8 Å². The van der Waals surface area contributed by atoms with E-state index in [1.54, 1.807) is 32.5 Å². The third-order valence-electron chi connectivity index (χ3n) is 11.9. The number of nitrogens with zero attached hydrogens (tertiary/aromatic N) is 2. The van der Waals surface area contributed by atoms with Gasteiger partial charge in [-0.3, -0.25) is 14.5 Å². The zero-order valence-electron chi connectivity index (χ0n) is 40.2. The lowest BCUT2D eigenvalue weighted by Crippen LogP contribution is -2.62. The van der Waals surface area contributed by atoms with Crippen molar-refractivity contribution in [2.45, 2.75) is 95.1 Å². The summed E-state index contributed by atoms with van der Waals surface area (Å²) in [5.41, 5.74) is 4.53. The minimum Gasteiger partial charge on any atom is -0.480 e. The molecule has 0 saturated heterocycles. The molecule has 0 fully saturated rings. The number of carboxylic acids is 1. The van der Waals surface area contributed by atoms with Crippen molar-refractivity contribution >= 4 is 53.5 Å². The first-order chi connectivity index (χ1) is 33.1. The number of amides is 4. The number of ether oxygens (including phenoxy) is 2. The molecule has 1 heterocycles. The average Bonchev–Trinajstić information content (AvgIpc) is 3.34. The molecule has 1 aliphatic rings. The number of hydrogen-bond acceptors (Lipinski definition) is 9. The molecule has 4 atom stereocenters. The lowest BCUT2D eigenvalue weighted by Gasteiger charge is -2.42. The third-order valence-corrected chi connectivity index (χ3v) is 14.3. The molecule has 0 aromatic heterocycles. The van der Waals surface area contributed by atoms with Gasteiger partial charge in [-0.2, -0.15) is 11.8 Å². The maximum absolute atomic E-state index is 15.6. The van der Waals surface area contributed by atoms with Gasteiger partial charge in [-0.25, -0.2) is 14.4 Å². The summed E-state index contributed by atoms with van der Waals surface area (Å²) < 4.78 is 11.1. The Balaban J connectivity index is 1.44. The highest BCUT2D eigenvalue weighted by Crippen LogP contribution is 2.48. The summed E-state index contributed by atoms with van der Waals surface area (Å²) in [6, 6.07) is 42.8. The van der Waals surface area contributed by atoms with E-state index in [1.807, 2.05) is 129 Å². The first-order valence-electron chi connectivity index (χ1n) is 23.3. The Morgan fingerprint density at radius 3 is 1.78 bits per heavy atom. The lowest BCUT2D eigenvalue weighted by molar-refractivity contribution is -0.148. The molecule has 364 valence electrons. The van der Waals surface area contributed by atoms with Crippen LogP contribution in [0.1, 0.15) is 74.4 Å². The molecule has 5 aromatic rings. The van der Waals surface area contributed by atoms with Gasteiger partial charge in [-0.05, 0) is 78.5 Å². The zero-order valence-corrected chi connectivity index (χ0v) is 41.8. The van der Waals surface area contributed by atoms with Crippen LogP contribution in [0.4, 0.5) is 9.59 Å². The van der Waals surface area contributed by atoms with E-state index >= 15 is 4.79 Å². The molecular weight excluding hydrogens is 909 g/mol. The monoisotopic (exact) mass is 972 g/mol. The molecule has 5 aromatic carbocycles. The summed E-state index contributed by atoms with van der Waals surface area (Å²) in [6.07, 6.45) is 0.682. The summed E-state index contributed by atoms with van der Waals surface area (Å²) >= 11 is 3.05. The summed E-state index contributed by atoms with van der Waals surface area (Å²) in [7, 11) is 0. The predicted octanol–water partition coefficient (Wildman–Crippen LogP) is 9.54. The second kappa shape index (κ2) is 24.3. The predicted molar refractivity (Wildman–Crippen MR) is 274 cm³/mol. The average molecular weight is 973 g/mol. The van der Waals surface area contributed by atoms with Crippen molar-refractivity contribution in [2.75, 3.05) is 24.3 Å². The van der Waals surface area contributed by atoms with E-state index in [1.165, 1.54) is 21.6 Å². The van der Waals surface area contributed by atoms with Crippen molar-refractivity contribution < 1.29 is 38.6 Å². The van der Waals surface area contributed by atoms with Gasteiger partial charge in [-0.15, -0.1) is 11.8 Å². The van der Waals surface area contributed by atoms with Crippen LogP contribution in [0.15, 0.2) is 146 Å². The van der Waals surface area contributed by atoms with Gasteiger partial charge in [-0.1, -0.05) is 159 Å². The molecule has 0 radical (unpaired) electrons. The molecule has 1 aliphatic heterocycles. The van der Waals surface area contributed by atoms with E-state index in [-0.39, 0.29) is 38.3 Å². The number of thioether (sulfide) groups is 2. The van der Waals surface area contributed by atoms with Crippen molar-refractivity contribution in [3.05, 3.63) is 179 Å². The molecule has 0 saturated carbocycles. The molecule has 14 heteroatoms. The maximum Gasteiger partial charge on any atom is 0.410 e. The van der Waals surface area contributed by atoms with Crippen molar-refractivity contribution in [2.24, 2.45) is 5.92 Å². The number of rotatable bonds is 20. The zero-order chi connectivity index (χ0) is 49.6. The van der Waals surface area contributed by atoms with Gasteiger partial charge in [0, 0.05) is 25.3 Å².